The highest BCUT2D eigenvalue weighted by Gasteiger charge is 1.98. The van der Waals surface area contributed by atoms with Crippen molar-refractivity contribution in [3.8, 4) is 0 Å². The van der Waals surface area contributed by atoms with Gasteiger partial charge < -0.3 is 0 Å². The molecule has 0 amide bonds. The average Bonchev–Trinajstić information content (AvgIpc) is 2.04. The quantitative estimate of drug-likeness (QED) is 0.583. The summed E-state index contributed by atoms with van der Waals surface area (Å²) in [6.45, 7) is 9.47. The molecule has 0 saturated heterocycles. The highest BCUT2D eigenvalue weighted by molar-refractivity contribution is 5.70. The van der Waals surface area contributed by atoms with Gasteiger partial charge in [0.1, 0.15) is 0 Å². The minimum absolute atomic E-state index is 0.878. The third-order valence-electron chi connectivity index (χ3n) is 1.56. The zero-order chi connectivity index (χ0) is 8.27. The summed E-state index contributed by atoms with van der Waals surface area (Å²) in [6.07, 6.45) is 3.48. The van der Waals surface area contributed by atoms with Crippen molar-refractivity contribution >= 4 is 5.57 Å². The number of hydrogen-bond acceptors (Lipinski definition) is 1. The van der Waals surface area contributed by atoms with E-state index in [1.807, 2.05) is 19.1 Å². The van der Waals surface area contributed by atoms with E-state index in [9.17, 15) is 0 Å². The van der Waals surface area contributed by atoms with Gasteiger partial charge >= 0.3 is 0 Å². The Balaban J connectivity index is 3.13. The molecule has 0 bridgehead atoms. The molecule has 0 aliphatic rings. The van der Waals surface area contributed by atoms with Crippen molar-refractivity contribution in [3.05, 3.63) is 48.8 Å². The van der Waals surface area contributed by atoms with Crippen molar-refractivity contribution in [3.63, 3.8) is 0 Å². The molecule has 1 heteroatoms. The Labute approximate surface area is 67.1 Å². The largest absolute Gasteiger partial charge is 0.256 e. The Morgan fingerprint density at radius 1 is 1.64 bits per heavy atom. The predicted molar refractivity (Wildman–Crippen MR) is 48.2 cm³/mol. The number of allylic oxidation sites excluding steroid dienone is 2. The molecular formula is C10H11N. The van der Waals surface area contributed by atoms with Crippen molar-refractivity contribution in [2.75, 3.05) is 0 Å². The Morgan fingerprint density at radius 3 is 2.91 bits per heavy atom. The van der Waals surface area contributed by atoms with Gasteiger partial charge in [0.15, 0.2) is 0 Å². The molecule has 0 unspecified atom stereocenters. The van der Waals surface area contributed by atoms with Crippen LogP contribution in [-0.2, 0) is 0 Å². The fourth-order valence-electron chi connectivity index (χ4n) is 0.919. The van der Waals surface area contributed by atoms with Crippen LogP contribution in [0, 0.1) is 6.92 Å². The standard InChI is InChI=1S/C10H11N/c1-4-8(2)10-9(3)6-5-7-11-10/h4-7H,1-2H2,3H3. The molecule has 0 radical (unpaired) electrons. The van der Waals surface area contributed by atoms with E-state index in [4.69, 9.17) is 0 Å². The summed E-state index contributed by atoms with van der Waals surface area (Å²) in [6, 6.07) is 3.92. The lowest BCUT2D eigenvalue weighted by Crippen LogP contribution is -1.88. The van der Waals surface area contributed by atoms with Crippen LogP contribution in [0.25, 0.3) is 5.57 Å². The lowest BCUT2D eigenvalue weighted by Gasteiger charge is -2.01. The summed E-state index contributed by atoms with van der Waals surface area (Å²) in [7, 11) is 0. The second kappa shape index (κ2) is 3.15. The summed E-state index contributed by atoms with van der Waals surface area (Å²) >= 11 is 0. The second-order valence-electron chi connectivity index (χ2n) is 2.40. The van der Waals surface area contributed by atoms with Gasteiger partial charge in [0.25, 0.3) is 0 Å². The van der Waals surface area contributed by atoms with Crippen LogP contribution in [0.1, 0.15) is 11.3 Å². The summed E-state index contributed by atoms with van der Waals surface area (Å²) < 4.78 is 0. The zero-order valence-corrected chi connectivity index (χ0v) is 6.67. The number of rotatable bonds is 2. The van der Waals surface area contributed by atoms with Crippen LogP contribution in [0.5, 0.6) is 0 Å². The molecule has 1 aromatic heterocycles. The van der Waals surface area contributed by atoms with Gasteiger partial charge in [0.2, 0.25) is 0 Å². The molecule has 0 fully saturated rings. The van der Waals surface area contributed by atoms with E-state index < -0.39 is 0 Å². The highest BCUT2D eigenvalue weighted by Crippen LogP contribution is 2.13. The van der Waals surface area contributed by atoms with Gasteiger partial charge in [0.05, 0.1) is 5.69 Å². The van der Waals surface area contributed by atoms with Gasteiger partial charge in [-0.15, -0.1) is 0 Å². The predicted octanol–water partition coefficient (Wildman–Crippen LogP) is 2.59. The van der Waals surface area contributed by atoms with Crippen LogP contribution in [0.15, 0.2) is 37.6 Å². The smallest absolute Gasteiger partial charge is 0.0724 e. The summed E-state index contributed by atoms with van der Waals surface area (Å²) in [5, 5.41) is 0. The average molecular weight is 145 g/mol. The first-order valence-corrected chi connectivity index (χ1v) is 3.49. The Kier molecular flexibility index (Phi) is 2.21. The molecule has 0 N–H and O–H groups in total. The molecule has 1 aromatic rings. The van der Waals surface area contributed by atoms with Gasteiger partial charge in [-0.25, -0.2) is 0 Å². The Hall–Kier alpha value is -1.37. The topological polar surface area (TPSA) is 12.9 Å². The molecule has 56 valence electrons. The van der Waals surface area contributed by atoms with Crippen LogP contribution in [0.3, 0.4) is 0 Å². The lowest BCUT2D eigenvalue weighted by molar-refractivity contribution is 1.22. The minimum Gasteiger partial charge on any atom is -0.256 e. The molecular weight excluding hydrogens is 134 g/mol. The molecule has 1 nitrogen and oxygen atoms in total. The molecule has 0 aliphatic heterocycles. The van der Waals surface area contributed by atoms with Crippen LogP contribution in [-0.4, -0.2) is 4.98 Å². The van der Waals surface area contributed by atoms with Crippen LogP contribution in [0.2, 0.25) is 0 Å². The SMILES string of the molecule is C=CC(=C)c1ncccc1C. The molecule has 11 heavy (non-hydrogen) atoms. The number of pyridine rings is 1. The van der Waals surface area contributed by atoms with Crippen molar-refractivity contribution < 1.29 is 0 Å². The van der Waals surface area contributed by atoms with E-state index in [0.29, 0.717) is 0 Å². The maximum atomic E-state index is 4.18. The molecule has 1 heterocycles. The zero-order valence-electron chi connectivity index (χ0n) is 6.67. The van der Waals surface area contributed by atoms with E-state index in [1.165, 1.54) is 0 Å². The Morgan fingerprint density at radius 2 is 2.36 bits per heavy atom. The van der Waals surface area contributed by atoms with Crippen LogP contribution in [0.4, 0.5) is 0 Å². The number of hydrogen-bond donors (Lipinski definition) is 0. The number of aromatic nitrogens is 1. The van der Waals surface area contributed by atoms with E-state index in [1.54, 1.807) is 12.3 Å². The fraction of sp³-hybridized carbons (Fsp3) is 0.100. The maximum Gasteiger partial charge on any atom is 0.0724 e. The van der Waals surface area contributed by atoms with E-state index in [0.717, 1.165) is 16.8 Å². The fourth-order valence-corrected chi connectivity index (χ4v) is 0.919. The van der Waals surface area contributed by atoms with Crippen molar-refractivity contribution in [1.82, 2.24) is 4.98 Å². The maximum absolute atomic E-state index is 4.18. The van der Waals surface area contributed by atoms with Gasteiger partial charge in [-0.05, 0) is 24.1 Å². The first-order valence-electron chi connectivity index (χ1n) is 3.49. The number of aryl methyl sites for hydroxylation is 1. The monoisotopic (exact) mass is 145 g/mol. The van der Waals surface area contributed by atoms with Gasteiger partial charge in [-0.2, -0.15) is 0 Å². The summed E-state index contributed by atoms with van der Waals surface area (Å²) in [5.74, 6) is 0. The molecule has 0 aliphatic carbocycles. The normalized spacial score (nSPS) is 9.18. The third-order valence-corrected chi connectivity index (χ3v) is 1.56. The first kappa shape index (κ1) is 7.73. The van der Waals surface area contributed by atoms with Crippen molar-refractivity contribution in [2.24, 2.45) is 0 Å². The highest BCUT2D eigenvalue weighted by atomic mass is 14.7. The van der Waals surface area contributed by atoms with E-state index >= 15 is 0 Å². The molecule has 1 rings (SSSR count). The van der Waals surface area contributed by atoms with Crippen LogP contribution < -0.4 is 0 Å². The first-order chi connectivity index (χ1) is 5.25. The van der Waals surface area contributed by atoms with E-state index in [-0.39, 0.29) is 0 Å². The molecule has 0 saturated carbocycles. The molecule has 0 atom stereocenters. The summed E-state index contributed by atoms with van der Waals surface area (Å²) in [5.41, 5.74) is 2.95. The Bertz CT molecular complexity index is 287. The second-order valence-corrected chi connectivity index (χ2v) is 2.40. The van der Waals surface area contributed by atoms with Crippen molar-refractivity contribution in [2.45, 2.75) is 6.92 Å². The van der Waals surface area contributed by atoms with Crippen LogP contribution >= 0.6 is 0 Å². The van der Waals surface area contributed by atoms with Crippen molar-refractivity contribution in [1.29, 1.82) is 0 Å². The summed E-state index contributed by atoms with van der Waals surface area (Å²) in [4.78, 5) is 4.18. The molecule has 0 spiro atoms. The minimum atomic E-state index is 0.878. The lowest BCUT2D eigenvalue weighted by atomic mass is 10.1. The van der Waals surface area contributed by atoms with Gasteiger partial charge in [-0.3, -0.25) is 4.98 Å². The van der Waals surface area contributed by atoms with E-state index in [2.05, 4.69) is 18.1 Å². The van der Waals surface area contributed by atoms with Gasteiger partial charge in [-0.1, -0.05) is 25.3 Å². The van der Waals surface area contributed by atoms with Gasteiger partial charge in [0, 0.05) is 6.20 Å². The molecule has 0 aromatic carbocycles. The number of nitrogens with zero attached hydrogens (tertiary/aromatic N) is 1. The third kappa shape index (κ3) is 1.55.